The van der Waals surface area contributed by atoms with Gasteiger partial charge in [0.15, 0.2) is 6.10 Å². The first-order valence-electron chi connectivity index (χ1n) is 6.33. The highest BCUT2D eigenvalue weighted by atomic mass is 32.2. The lowest BCUT2D eigenvalue weighted by atomic mass is 10.3. The number of hydrogen-bond acceptors (Lipinski definition) is 4. The standard InChI is InChI=1S/C14H19NO4S/c1-3-12(20-10-7-5-4-6-8-10)13(16)15-9-11(19-2)14(17)18/h4-8,11-12H,3,9H2,1-2H3,(H,15,16)(H,17,18). The Morgan fingerprint density at radius 2 is 2.00 bits per heavy atom. The lowest BCUT2D eigenvalue weighted by molar-refractivity contribution is -0.148. The third kappa shape index (κ3) is 5.22. The molecule has 1 rings (SSSR count). The van der Waals surface area contributed by atoms with E-state index in [4.69, 9.17) is 9.84 Å². The molecule has 0 aliphatic carbocycles. The van der Waals surface area contributed by atoms with E-state index in [-0.39, 0.29) is 17.7 Å². The maximum absolute atomic E-state index is 12.0. The zero-order valence-electron chi connectivity index (χ0n) is 11.5. The van der Waals surface area contributed by atoms with E-state index in [2.05, 4.69) is 5.32 Å². The number of carboxylic acid groups (broad SMARTS) is 1. The molecule has 0 radical (unpaired) electrons. The maximum Gasteiger partial charge on any atom is 0.334 e. The number of ether oxygens (including phenoxy) is 1. The first-order chi connectivity index (χ1) is 9.58. The van der Waals surface area contributed by atoms with Crippen molar-refractivity contribution in [3.8, 4) is 0 Å². The lowest BCUT2D eigenvalue weighted by Gasteiger charge is -2.16. The van der Waals surface area contributed by atoms with Gasteiger partial charge < -0.3 is 15.2 Å². The van der Waals surface area contributed by atoms with Crippen molar-refractivity contribution >= 4 is 23.6 Å². The second-order valence-electron chi connectivity index (χ2n) is 4.14. The summed E-state index contributed by atoms with van der Waals surface area (Å²) in [7, 11) is 1.31. The summed E-state index contributed by atoms with van der Waals surface area (Å²) < 4.78 is 4.77. The van der Waals surface area contributed by atoms with Crippen LogP contribution in [0.15, 0.2) is 35.2 Å². The fourth-order valence-corrected chi connectivity index (χ4v) is 2.56. The number of hydrogen-bond donors (Lipinski definition) is 2. The molecule has 0 saturated heterocycles. The Hall–Kier alpha value is -1.53. The van der Waals surface area contributed by atoms with Crippen molar-refractivity contribution in [2.45, 2.75) is 29.6 Å². The molecule has 2 unspecified atom stereocenters. The van der Waals surface area contributed by atoms with Crippen molar-refractivity contribution in [3.05, 3.63) is 30.3 Å². The third-order valence-corrected chi connectivity index (χ3v) is 4.08. The average molecular weight is 297 g/mol. The van der Waals surface area contributed by atoms with Crippen LogP contribution in [0.4, 0.5) is 0 Å². The van der Waals surface area contributed by atoms with Crippen LogP contribution in [0.1, 0.15) is 13.3 Å². The summed E-state index contributed by atoms with van der Waals surface area (Å²) in [5.41, 5.74) is 0. The number of carbonyl (C=O) groups excluding carboxylic acids is 1. The smallest absolute Gasteiger partial charge is 0.334 e. The zero-order valence-corrected chi connectivity index (χ0v) is 12.4. The SMILES string of the molecule is CCC(Sc1ccccc1)C(=O)NCC(OC)C(=O)O. The maximum atomic E-state index is 12.0. The van der Waals surface area contributed by atoms with E-state index in [0.29, 0.717) is 6.42 Å². The van der Waals surface area contributed by atoms with Crippen LogP contribution in [0.3, 0.4) is 0 Å². The van der Waals surface area contributed by atoms with Crippen molar-refractivity contribution in [2.75, 3.05) is 13.7 Å². The highest BCUT2D eigenvalue weighted by Crippen LogP contribution is 2.25. The molecule has 0 heterocycles. The average Bonchev–Trinajstić information content (AvgIpc) is 2.45. The van der Waals surface area contributed by atoms with Crippen LogP contribution < -0.4 is 5.32 Å². The van der Waals surface area contributed by atoms with Crippen LogP contribution in [0.2, 0.25) is 0 Å². The third-order valence-electron chi connectivity index (χ3n) is 2.71. The molecule has 0 fully saturated rings. The van der Waals surface area contributed by atoms with E-state index in [9.17, 15) is 9.59 Å². The monoisotopic (exact) mass is 297 g/mol. The Morgan fingerprint density at radius 1 is 1.35 bits per heavy atom. The van der Waals surface area contributed by atoms with Gasteiger partial charge in [-0.1, -0.05) is 25.1 Å². The van der Waals surface area contributed by atoms with Gasteiger partial charge in [-0.05, 0) is 18.6 Å². The van der Waals surface area contributed by atoms with Gasteiger partial charge >= 0.3 is 5.97 Å². The van der Waals surface area contributed by atoms with E-state index in [1.165, 1.54) is 18.9 Å². The minimum absolute atomic E-state index is 0.0312. The van der Waals surface area contributed by atoms with Gasteiger partial charge in [-0.2, -0.15) is 0 Å². The Balaban J connectivity index is 2.53. The second kappa shape index (κ2) is 8.60. The van der Waals surface area contributed by atoms with Crippen molar-refractivity contribution < 1.29 is 19.4 Å². The molecular formula is C14H19NO4S. The topological polar surface area (TPSA) is 75.6 Å². The number of thioether (sulfide) groups is 1. The summed E-state index contributed by atoms with van der Waals surface area (Å²) in [5, 5.41) is 11.2. The molecule has 0 saturated carbocycles. The molecule has 5 nitrogen and oxygen atoms in total. The number of rotatable bonds is 8. The summed E-state index contributed by atoms with van der Waals surface area (Å²) in [5.74, 6) is -1.26. The van der Waals surface area contributed by atoms with Gasteiger partial charge in [0.25, 0.3) is 0 Å². The first kappa shape index (κ1) is 16.5. The lowest BCUT2D eigenvalue weighted by Crippen LogP contribution is -2.41. The van der Waals surface area contributed by atoms with Gasteiger partial charge in [0, 0.05) is 12.0 Å². The summed E-state index contributed by atoms with van der Waals surface area (Å²) in [6.45, 7) is 1.89. The molecule has 2 atom stereocenters. The molecular weight excluding hydrogens is 278 g/mol. The number of carbonyl (C=O) groups is 2. The van der Waals surface area contributed by atoms with Crippen LogP contribution in [0, 0.1) is 0 Å². The molecule has 0 spiro atoms. The Bertz CT molecular complexity index is 438. The van der Waals surface area contributed by atoms with Crippen LogP contribution >= 0.6 is 11.8 Å². The predicted octanol–water partition coefficient (Wildman–Crippen LogP) is 1.77. The largest absolute Gasteiger partial charge is 0.479 e. The predicted molar refractivity (Wildman–Crippen MR) is 77.8 cm³/mol. The van der Waals surface area contributed by atoms with E-state index < -0.39 is 12.1 Å². The minimum atomic E-state index is -1.09. The quantitative estimate of drug-likeness (QED) is 0.715. The molecule has 1 aromatic rings. The summed E-state index contributed by atoms with van der Waals surface area (Å²) in [6.07, 6.45) is -0.353. The normalized spacial score (nSPS) is 13.5. The van der Waals surface area contributed by atoms with Gasteiger partial charge in [-0.3, -0.25) is 4.79 Å². The molecule has 0 aromatic heterocycles. The van der Waals surface area contributed by atoms with Gasteiger partial charge in [0.1, 0.15) is 0 Å². The van der Waals surface area contributed by atoms with Gasteiger partial charge in [-0.25, -0.2) is 4.79 Å². The molecule has 110 valence electrons. The van der Waals surface area contributed by atoms with Gasteiger partial charge in [0.2, 0.25) is 5.91 Å². The molecule has 2 N–H and O–H groups in total. The number of aliphatic carboxylic acids is 1. The highest BCUT2D eigenvalue weighted by molar-refractivity contribution is 8.00. The number of methoxy groups -OCH3 is 1. The highest BCUT2D eigenvalue weighted by Gasteiger charge is 2.21. The fourth-order valence-electron chi connectivity index (χ4n) is 1.56. The molecule has 0 aliphatic rings. The van der Waals surface area contributed by atoms with Gasteiger partial charge in [-0.15, -0.1) is 11.8 Å². The number of carboxylic acids is 1. The molecule has 0 aliphatic heterocycles. The molecule has 1 amide bonds. The number of benzene rings is 1. The van der Waals surface area contributed by atoms with Crippen LogP contribution in [0.5, 0.6) is 0 Å². The Kier molecular flexibility index (Phi) is 7.11. The molecule has 1 aromatic carbocycles. The summed E-state index contributed by atoms with van der Waals surface area (Å²) >= 11 is 1.46. The fraction of sp³-hybridized carbons (Fsp3) is 0.429. The summed E-state index contributed by atoms with van der Waals surface area (Å²) in [4.78, 5) is 23.8. The van der Waals surface area contributed by atoms with Crippen molar-refractivity contribution in [2.24, 2.45) is 0 Å². The van der Waals surface area contributed by atoms with E-state index in [0.717, 1.165) is 4.90 Å². The van der Waals surface area contributed by atoms with E-state index >= 15 is 0 Å². The zero-order chi connectivity index (χ0) is 15.0. The van der Waals surface area contributed by atoms with Crippen LogP contribution in [-0.4, -0.2) is 42.0 Å². The van der Waals surface area contributed by atoms with Crippen molar-refractivity contribution in [1.82, 2.24) is 5.32 Å². The molecule has 20 heavy (non-hydrogen) atoms. The van der Waals surface area contributed by atoms with Gasteiger partial charge in [0.05, 0.1) is 11.8 Å². The van der Waals surface area contributed by atoms with Crippen molar-refractivity contribution in [3.63, 3.8) is 0 Å². The second-order valence-corrected chi connectivity index (χ2v) is 5.41. The van der Waals surface area contributed by atoms with E-state index in [1.54, 1.807) is 0 Å². The first-order valence-corrected chi connectivity index (χ1v) is 7.21. The molecule has 0 bridgehead atoms. The summed E-state index contributed by atoms with van der Waals surface area (Å²) in [6, 6.07) is 9.63. The van der Waals surface area contributed by atoms with E-state index in [1.807, 2.05) is 37.3 Å². The van der Waals surface area contributed by atoms with Crippen LogP contribution in [-0.2, 0) is 14.3 Å². The Labute approximate surface area is 122 Å². The number of amides is 1. The Morgan fingerprint density at radius 3 is 2.50 bits per heavy atom. The number of nitrogens with one attached hydrogen (secondary N) is 1. The minimum Gasteiger partial charge on any atom is -0.479 e. The molecule has 6 heteroatoms. The van der Waals surface area contributed by atoms with Crippen molar-refractivity contribution in [1.29, 1.82) is 0 Å². The van der Waals surface area contributed by atoms with Crippen LogP contribution in [0.25, 0.3) is 0 Å².